The van der Waals surface area contributed by atoms with E-state index in [-0.39, 0.29) is 5.91 Å². The Labute approximate surface area is 137 Å². The van der Waals surface area contributed by atoms with Gasteiger partial charge in [-0.15, -0.1) is 0 Å². The van der Waals surface area contributed by atoms with Crippen LogP contribution >= 0.6 is 0 Å². The van der Waals surface area contributed by atoms with Gasteiger partial charge in [-0.25, -0.2) is 4.98 Å². The summed E-state index contributed by atoms with van der Waals surface area (Å²) >= 11 is 0. The van der Waals surface area contributed by atoms with Gasteiger partial charge in [0.25, 0.3) is 0 Å². The molecule has 1 saturated heterocycles. The molecule has 3 rings (SSSR count). The molecule has 0 aromatic carbocycles. The van der Waals surface area contributed by atoms with Crippen molar-refractivity contribution in [3.05, 3.63) is 23.9 Å². The standard InChI is InChI=1S/C18H24N4O/c19-12-15-5-6-17(20-13-15)22-9-7-14(8-10-22)11-18(23)21-16-3-1-2-4-16/h5-6,13-14,16H,1-4,7-11H2,(H,21,23). The molecule has 0 unspecified atom stereocenters. The summed E-state index contributed by atoms with van der Waals surface area (Å²) in [6.45, 7) is 1.86. The molecule has 1 N–H and O–H groups in total. The van der Waals surface area contributed by atoms with E-state index < -0.39 is 0 Å². The number of amides is 1. The van der Waals surface area contributed by atoms with Crippen LogP contribution in [0.3, 0.4) is 0 Å². The van der Waals surface area contributed by atoms with Gasteiger partial charge in [-0.3, -0.25) is 4.79 Å². The molecule has 0 atom stereocenters. The van der Waals surface area contributed by atoms with Gasteiger partial charge in [0.05, 0.1) is 5.56 Å². The quantitative estimate of drug-likeness (QED) is 0.928. The Morgan fingerprint density at radius 2 is 2.00 bits per heavy atom. The van der Waals surface area contributed by atoms with Gasteiger partial charge in [0, 0.05) is 31.7 Å². The fourth-order valence-corrected chi connectivity index (χ4v) is 3.62. The van der Waals surface area contributed by atoms with E-state index in [1.54, 1.807) is 6.20 Å². The van der Waals surface area contributed by atoms with E-state index in [1.165, 1.54) is 12.8 Å². The Morgan fingerprint density at radius 3 is 2.61 bits per heavy atom. The largest absolute Gasteiger partial charge is 0.357 e. The molecule has 1 amide bonds. The number of pyridine rings is 1. The molecule has 23 heavy (non-hydrogen) atoms. The summed E-state index contributed by atoms with van der Waals surface area (Å²) < 4.78 is 0. The number of carbonyl (C=O) groups excluding carboxylic acids is 1. The van der Waals surface area contributed by atoms with Crippen LogP contribution < -0.4 is 10.2 Å². The van der Waals surface area contributed by atoms with Crippen molar-refractivity contribution in [2.24, 2.45) is 5.92 Å². The Kier molecular flexibility index (Phi) is 5.12. The van der Waals surface area contributed by atoms with Crippen molar-refractivity contribution in [3.8, 4) is 6.07 Å². The van der Waals surface area contributed by atoms with E-state index in [0.717, 1.165) is 44.6 Å². The SMILES string of the molecule is N#Cc1ccc(N2CCC(CC(=O)NC3CCCC3)CC2)nc1. The summed E-state index contributed by atoms with van der Waals surface area (Å²) in [5, 5.41) is 12.0. The lowest BCUT2D eigenvalue weighted by atomic mass is 9.93. The van der Waals surface area contributed by atoms with E-state index in [1.807, 2.05) is 12.1 Å². The summed E-state index contributed by atoms with van der Waals surface area (Å²) in [5.41, 5.74) is 0.590. The van der Waals surface area contributed by atoms with Gasteiger partial charge in [-0.1, -0.05) is 12.8 Å². The topological polar surface area (TPSA) is 69.0 Å². The first-order chi connectivity index (χ1) is 11.2. The summed E-state index contributed by atoms with van der Waals surface area (Å²) in [7, 11) is 0. The molecule has 1 aromatic rings. The number of hydrogen-bond acceptors (Lipinski definition) is 4. The minimum Gasteiger partial charge on any atom is -0.357 e. The highest BCUT2D eigenvalue weighted by molar-refractivity contribution is 5.76. The number of hydrogen-bond donors (Lipinski definition) is 1. The number of nitriles is 1. The molecule has 2 fully saturated rings. The number of anilines is 1. The Morgan fingerprint density at radius 1 is 1.26 bits per heavy atom. The van der Waals surface area contributed by atoms with Gasteiger partial charge in [-0.05, 0) is 43.7 Å². The van der Waals surface area contributed by atoms with Crippen molar-refractivity contribution in [1.82, 2.24) is 10.3 Å². The predicted octanol–water partition coefficient (Wildman–Crippen LogP) is 2.62. The third kappa shape index (κ3) is 4.22. The van der Waals surface area contributed by atoms with Crippen LogP contribution in [0.15, 0.2) is 18.3 Å². The lowest BCUT2D eigenvalue weighted by molar-refractivity contribution is -0.122. The van der Waals surface area contributed by atoms with E-state index in [4.69, 9.17) is 5.26 Å². The van der Waals surface area contributed by atoms with Gasteiger partial charge < -0.3 is 10.2 Å². The normalized spacial score (nSPS) is 19.5. The second-order valence-corrected chi connectivity index (χ2v) is 6.70. The van der Waals surface area contributed by atoms with Crippen molar-refractivity contribution in [1.29, 1.82) is 5.26 Å². The molecule has 2 aliphatic rings. The van der Waals surface area contributed by atoms with Crippen molar-refractivity contribution in [2.75, 3.05) is 18.0 Å². The molecule has 5 nitrogen and oxygen atoms in total. The predicted molar refractivity (Wildman–Crippen MR) is 88.9 cm³/mol. The molecule has 5 heteroatoms. The number of piperidine rings is 1. The highest BCUT2D eigenvalue weighted by atomic mass is 16.1. The average molecular weight is 312 g/mol. The second-order valence-electron chi connectivity index (χ2n) is 6.70. The van der Waals surface area contributed by atoms with Gasteiger partial charge >= 0.3 is 0 Å². The first-order valence-corrected chi connectivity index (χ1v) is 8.65. The van der Waals surface area contributed by atoms with Crippen LogP contribution in [-0.4, -0.2) is 30.0 Å². The number of carbonyl (C=O) groups is 1. The highest BCUT2D eigenvalue weighted by Crippen LogP contribution is 2.24. The van der Waals surface area contributed by atoms with E-state index in [9.17, 15) is 4.79 Å². The van der Waals surface area contributed by atoms with Gasteiger partial charge in [0.15, 0.2) is 0 Å². The fourth-order valence-electron chi connectivity index (χ4n) is 3.62. The van der Waals surface area contributed by atoms with E-state index in [0.29, 0.717) is 23.9 Å². The smallest absolute Gasteiger partial charge is 0.220 e. The molecule has 0 radical (unpaired) electrons. The maximum absolute atomic E-state index is 12.1. The number of nitrogens with zero attached hydrogens (tertiary/aromatic N) is 3. The zero-order valence-corrected chi connectivity index (χ0v) is 13.5. The van der Waals surface area contributed by atoms with Crippen molar-refractivity contribution in [3.63, 3.8) is 0 Å². The third-order valence-corrected chi connectivity index (χ3v) is 5.01. The first kappa shape index (κ1) is 15.8. The van der Waals surface area contributed by atoms with Crippen LogP contribution in [0.2, 0.25) is 0 Å². The molecular formula is C18H24N4O. The van der Waals surface area contributed by atoms with Gasteiger partial charge in [0.1, 0.15) is 11.9 Å². The van der Waals surface area contributed by atoms with Crippen LogP contribution in [0.4, 0.5) is 5.82 Å². The Bertz CT molecular complexity index is 564. The molecule has 1 saturated carbocycles. The van der Waals surface area contributed by atoms with Crippen LogP contribution in [0.5, 0.6) is 0 Å². The zero-order chi connectivity index (χ0) is 16.1. The maximum Gasteiger partial charge on any atom is 0.220 e. The monoisotopic (exact) mass is 312 g/mol. The Balaban J connectivity index is 1.44. The minimum absolute atomic E-state index is 0.229. The molecule has 0 spiro atoms. The molecule has 2 heterocycles. The van der Waals surface area contributed by atoms with E-state index >= 15 is 0 Å². The lowest BCUT2D eigenvalue weighted by Gasteiger charge is -2.32. The van der Waals surface area contributed by atoms with Gasteiger partial charge in [0.2, 0.25) is 5.91 Å². The molecular weight excluding hydrogens is 288 g/mol. The first-order valence-electron chi connectivity index (χ1n) is 8.65. The maximum atomic E-state index is 12.1. The van der Waals surface area contributed by atoms with E-state index in [2.05, 4.69) is 21.3 Å². The van der Waals surface area contributed by atoms with Crippen molar-refractivity contribution in [2.45, 2.75) is 51.0 Å². The fraction of sp³-hybridized carbons (Fsp3) is 0.611. The lowest BCUT2D eigenvalue weighted by Crippen LogP contribution is -2.38. The minimum atomic E-state index is 0.229. The Hall–Kier alpha value is -2.09. The summed E-state index contributed by atoms with van der Waals surface area (Å²) in [6.07, 6.45) is 9.13. The van der Waals surface area contributed by atoms with Crippen LogP contribution in [-0.2, 0) is 4.79 Å². The van der Waals surface area contributed by atoms with Crippen molar-refractivity contribution < 1.29 is 4.79 Å². The third-order valence-electron chi connectivity index (χ3n) is 5.01. The number of rotatable bonds is 4. The highest BCUT2D eigenvalue weighted by Gasteiger charge is 2.24. The average Bonchev–Trinajstić information content (AvgIpc) is 3.08. The summed E-state index contributed by atoms with van der Waals surface area (Å²) in [6, 6.07) is 6.23. The van der Waals surface area contributed by atoms with Gasteiger partial charge in [-0.2, -0.15) is 5.26 Å². The number of nitrogens with one attached hydrogen (secondary N) is 1. The molecule has 1 aliphatic heterocycles. The second kappa shape index (κ2) is 7.45. The van der Waals surface area contributed by atoms with Crippen LogP contribution in [0.1, 0.15) is 50.5 Å². The molecule has 1 aromatic heterocycles. The van der Waals surface area contributed by atoms with Crippen LogP contribution in [0, 0.1) is 17.2 Å². The van der Waals surface area contributed by atoms with Crippen molar-refractivity contribution >= 4 is 11.7 Å². The molecule has 0 bridgehead atoms. The zero-order valence-electron chi connectivity index (χ0n) is 13.5. The summed E-state index contributed by atoms with van der Waals surface area (Å²) in [4.78, 5) is 18.7. The van der Waals surface area contributed by atoms with Crippen LogP contribution in [0.25, 0.3) is 0 Å². The number of aromatic nitrogens is 1. The summed E-state index contributed by atoms with van der Waals surface area (Å²) in [5.74, 6) is 1.63. The molecule has 1 aliphatic carbocycles. The molecule has 122 valence electrons.